The smallest absolute Gasteiger partial charge is 0.326 e. The number of amides is 4. The Morgan fingerprint density at radius 3 is 2.18 bits per heavy atom. The molecule has 4 unspecified atom stereocenters. The molecule has 2 rings (SSSR count). The maximum atomic E-state index is 13.3. The summed E-state index contributed by atoms with van der Waals surface area (Å²) in [6.45, 7) is 3.45. The highest BCUT2D eigenvalue weighted by Gasteiger charge is 2.32. The first kappa shape index (κ1) is 30.6. The summed E-state index contributed by atoms with van der Waals surface area (Å²) in [5.41, 5.74) is 12.7. The third-order valence-electron chi connectivity index (χ3n) is 6.02. The van der Waals surface area contributed by atoms with Gasteiger partial charge in [-0.25, -0.2) is 4.79 Å². The number of fused-ring (bicyclic) bond motifs is 1. The zero-order valence-corrected chi connectivity index (χ0v) is 22.5. The molecule has 1 aromatic carbocycles. The van der Waals surface area contributed by atoms with Gasteiger partial charge in [0.25, 0.3) is 0 Å². The number of carbonyl (C=O) groups excluding carboxylic acids is 4. The fourth-order valence-electron chi connectivity index (χ4n) is 3.75. The average molecular weight is 549 g/mol. The molecule has 0 saturated carbocycles. The van der Waals surface area contributed by atoms with Gasteiger partial charge < -0.3 is 37.5 Å². The number of nitrogens with two attached hydrogens (primary N) is 2. The van der Waals surface area contributed by atoms with Crippen LogP contribution in [0.1, 0.15) is 32.3 Å². The molecule has 1 heterocycles. The van der Waals surface area contributed by atoms with Crippen molar-refractivity contribution in [1.82, 2.24) is 20.9 Å². The van der Waals surface area contributed by atoms with Crippen LogP contribution in [0.25, 0.3) is 10.9 Å². The zero-order valence-electron chi connectivity index (χ0n) is 21.7. The van der Waals surface area contributed by atoms with Gasteiger partial charge in [0.15, 0.2) is 0 Å². The Hall–Kier alpha value is -3.58. The van der Waals surface area contributed by atoms with E-state index in [0.717, 1.165) is 10.9 Å². The quantitative estimate of drug-likeness (QED) is 0.159. The Morgan fingerprint density at radius 2 is 1.58 bits per heavy atom. The number of carbonyl (C=O) groups is 5. The molecule has 12 nitrogen and oxygen atoms in total. The SMILES string of the molecule is CSCCC(NC(=O)C(Cc1c[nH]c2ccccc12)NC(=O)C(CC(N)=O)NC(=O)C(N)C(C)C)C(=O)O. The molecule has 9 N–H and O–H groups in total. The van der Waals surface area contributed by atoms with Crippen LogP contribution < -0.4 is 27.4 Å². The minimum Gasteiger partial charge on any atom is -0.480 e. The van der Waals surface area contributed by atoms with Crippen molar-refractivity contribution in [2.75, 3.05) is 12.0 Å². The van der Waals surface area contributed by atoms with E-state index in [1.54, 1.807) is 20.0 Å². The molecule has 0 aliphatic carbocycles. The maximum absolute atomic E-state index is 13.3. The number of thioether (sulfide) groups is 1. The predicted molar refractivity (Wildman–Crippen MR) is 145 cm³/mol. The van der Waals surface area contributed by atoms with E-state index in [0.29, 0.717) is 11.3 Å². The van der Waals surface area contributed by atoms with E-state index in [2.05, 4.69) is 20.9 Å². The second kappa shape index (κ2) is 14.4. The second-order valence-corrected chi connectivity index (χ2v) is 10.3. The summed E-state index contributed by atoms with van der Waals surface area (Å²) in [5.74, 6) is -3.98. The molecule has 13 heteroatoms. The first-order valence-electron chi connectivity index (χ1n) is 12.2. The van der Waals surface area contributed by atoms with E-state index in [9.17, 15) is 29.1 Å². The fourth-order valence-corrected chi connectivity index (χ4v) is 4.22. The van der Waals surface area contributed by atoms with Gasteiger partial charge in [0.2, 0.25) is 23.6 Å². The van der Waals surface area contributed by atoms with Crippen LogP contribution in [0.5, 0.6) is 0 Å². The lowest BCUT2D eigenvalue weighted by Crippen LogP contribution is -2.58. The lowest BCUT2D eigenvalue weighted by atomic mass is 10.0. The Morgan fingerprint density at radius 1 is 0.974 bits per heavy atom. The van der Waals surface area contributed by atoms with Crippen LogP contribution in [0, 0.1) is 5.92 Å². The van der Waals surface area contributed by atoms with Gasteiger partial charge in [-0.3, -0.25) is 19.2 Å². The molecule has 4 atom stereocenters. The number of carboxylic acid groups (broad SMARTS) is 1. The summed E-state index contributed by atoms with van der Waals surface area (Å²) in [5, 5.41) is 17.9. The first-order valence-corrected chi connectivity index (χ1v) is 13.6. The molecule has 208 valence electrons. The summed E-state index contributed by atoms with van der Waals surface area (Å²) >= 11 is 1.44. The van der Waals surface area contributed by atoms with Crippen molar-refractivity contribution in [3.63, 3.8) is 0 Å². The highest BCUT2D eigenvalue weighted by Crippen LogP contribution is 2.19. The standard InChI is InChI=1S/C25H36N6O6S/c1-13(2)21(27)24(35)31-19(11-20(26)32)23(34)30-18(22(33)29-17(25(36)37)8-9-38-3)10-14-12-28-16-7-5-4-6-15(14)16/h4-7,12-13,17-19,21,28H,8-11,27H2,1-3H3,(H2,26,32)(H,29,33)(H,30,34)(H,31,35)(H,36,37). The van der Waals surface area contributed by atoms with Crippen LogP contribution in [0.2, 0.25) is 0 Å². The Balaban J connectivity index is 2.33. The number of rotatable bonds is 15. The number of primary amides is 1. The van der Waals surface area contributed by atoms with Crippen molar-refractivity contribution >= 4 is 52.3 Å². The van der Waals surface area contributed by atoms with Gasteiger partial charge in [-0.05, 0) is 36.0 Å². The van der Waals surface area contributed by atoms with Gasteiger partial charge >= 0.3 is 5.97 Å². The molecular weight excluding hydrogens is 512 g/mol. The molecule has 0 aliphatic rings. The van der Waals surface area contributed by atoms with Gasteiger partial charge in [0.1, 0.15) is 18.1 Å². The molecule has 1 aromatic heterocycles. The molecule has 2 aromatic rings. The molecule has 0 bridgehead atoms. The topological polar surface area (TPSA) is 210 Å². The summed E-state index contributed by atoms with van der Waals surface area (Å²) < 4.78 is 0. The van der Waals surface area contributed by atoms with E-state index in [1.807, 2.05) is 30.5 Å². The average Bonchev–Trinajstić information content (AvgIpc) is 3.27. The van der Waals surface area contributed by atoms with Gasteiger partial charge in [-0.15, -0.1) is 0 Å². The number of aliphatic carboxylic acids is 1. The second-order valence-electron chi connectivity index (χ2n) is 9.31. The van der Waals surface area contributed by atoms with Crippen molar-refractivity contribution in [3.8, 4) is 0 Å². The molecular formula is C25H36N6O6S. The van der Waals surface area contributed by atoms with E-state index in [-0.39, 0.29) is 18.8 Å². The minimum atomic E-state index is -1.38. The number of H-pyrrole nitrogens is 1. The van der Waals surface area contributed by atoms with E-state index in [4.69, 9.17) is 11.5 Å². The Bertz CT molecular complexity index is 1150. The van der Waals surface area contributed by atoms with Crippen LogP contribution in [0.4, 0.5) is 0 Å². The van der Waals surface area contributed by atoms with Crippen molar-refractivity contribution in [2.45, 2.75) is 57.3 Å². The fraction of sp³-hybridized carbons (Fsp3) is 0.480. The largest absolute Gasteiger partial charge is 0.480 e. The van der Waals surface area contributed by atoms with E-state index < -0.39 is 60.2 Å². The Labute approximate surface area is 225 Å². The number of hydrogen-bond donors (Lipinski definition) is 7. The van der Waals surface area contributed by atoms with Gasteiger partial charge in [0.05, 0.1) is 12.5 Å². The summed E-state index contributed by atoms with van der Waals surface area (Å²) in [6, 6.07) is 2.67. The van der Waals surface area contributed by atoms with Gasteiger partial charge in [0, 0.05) is 23.5 Å². The molecule has 0 aliphatic heterocycles. The summed E-state index contributed by atoms with van der Waals surface area (Å²) in [6.07, 6.45) is 3.20. The highest BCUT2D eigenvalue weighted by atomic mass is 32.2. The first-order chi connectivity index (χ1) is 17.9. The third-order valence-corrected chi connectivity index (χ3v) is 6.66. The number of para-hydroxylation sites is 1. The van der Waals surface area contributed by atoms with Crippen molar-refractivity contribution in [2.24, 2.45) is 17.4 Å². The van der Waals surface area contributed by atoms with Gasteiger partial charge in [-0.1, -0.05) is 32.0 Å². The lowest BCUT2D eigenvalue weighted by Gasteiger charge is -2.25. The number of hydrogen-bond acceptors (Lipinski definition) is 7. The minimum absolute atomic E-state index is 0.0131. The van der Waals surface area contributed by atoms with Crippen molar-refractivity contribution in [1.29, 1.82) is 0 Å². The van der Waals surface area contributed by atoms with Crippen LogP contribution in [-0.4, -0.2) is 75.9 Å². The number of aromatic amines is 1. The number of benzene rings is 1. The van der Waals surface area contributed by atoms with E-state index >= 15 is 0 Å². The molecule has 4 amide bonds. The van der Waals surface area contributed by atoms with Gasteiger partial charge in [-0.2, -0.15) is 11.8 Å². The monoisotopic (exact) mass is 548 g/mol. The number of aromatic nitrogens is 1. The summed E-state index contributed by atoms with van der Waals surface area (Å²) in [7, 11) is 0. The molecule has 0 radical (unpaired) electrons. The van der Waals surface area contributed by atoms with Crippen LogP contribution in [-0.2, 0) is 30.4 Å². The molecule has 0 spiro atoms. The van der Waals surface area contributed by atoms with Crippen LogP contribution in [0.15, 0.2) is 30.5 Å². The zero-order chi connectivity index (χ0) is 28.4. The molecule has 38 heavy (non-hydrogen) atoms. The Kier molecular flexibility index (Phi) is 11.6. The molecule has 0 fully saturated rings. The van der Waals surface area contributed by atoms with Crippen molar-refractivity contribution in [3.05, 3.63) is 36.0 Å². The van der Waals surface area contributed by atoms with Crippen LogP contribution in [0.3, 0.4) is 0 Å². The third kappa shape index (κ3) is 8.77. The highest BCUT2D eigenvalue weighted by molar-refractivity contribution is 7.98. The lowest BCUT2D eigenvalue weighted by molar-refractivity contribution is -0.142. The number of nitrogens with one attached hydrogen (secondary N) is 4. The number of carboxylic acids is 1. The normalized spacial score (nSPS) is 14.3. The van der Waals surface area contributed by atoms with E-state index in [1.165, 1.54) is 11.8 Å². The van der Waals surface area contributed by atoms with Crippen LogP contribution >= 0.6 is 11.8 Å². The molecule has 0 saturated heterocycles. The summed E-state index contributed by atoms with van der Waals surface area (Å²) in [4.78, 5) is 65.5. The van der Waals surface area contributed by atoms with Crippen molar-refractivity contribution < 1.29 is 29.1 Å². The predicted octanol–water partition coefficient (Wildman–Crippen LogP) is -0.139. The maximum Gasteiger partial charge on any atom is 0.326 e.